The van der Waals surface area contributed by atoms with Gasteiger partial charge in [0, 0.05) is 0 Å². The number of nitrogens with one attached hydrogen (secondary N) is 1. The maximum absolute atomic E-state index is 9.92. The van der Waals surface area contributed by atoms with E-state index in [2.05, 4.69) is 21.3 Å². The number of hydroxylamine groups is 1. The standard InChI is InChI=1S/C3H7N3O4/c4-2(7)1-9-10-6-3(5)8/h1H2,(H2,4,7)(H3,5,6,8). The van der Waals surface area contributed by atoms with Crippen molar-refractivity contribution in [3.05, 3.63) is 0 Å². The highest BCUT2D eigenvalue weighted by molar-refractivity contribution is 5.74. The van der Waals surface area contributed by atoms with Crippen LogP contribution in [0.15, 0.2) is 0 Å². The lowest BCUT2D eigenvalue weighted by Crippen LogP contribution is -2.31. The summed E-state index contributed by atoms with van der Waals surface area (Å²) in [4.78, 5) is 27.7. The first kappa shape index (κ1) is 8.66. The number of amides is 3. The van der Waals surface area contributed by atoms with E-state index in [0.717, 1.165) is 0 Å². The molecule has 0 saturated heterocycles. The van der Waals surface area contributed by atoms with Gasteiger partial charge in [-0.05, 0) is 0 Å². The average molecular weight is 149 g/mol. The Morgan fingerprint density at radius 2 is 2.00 bits per heavy atom. The predicted molar refractivity (Wildman–Crippen MR) is 29.0 cm³/mol. The Morgan fingerprint density at radius 3 is 2.40 bits per heavy atom. The van der Waals surface area contributed by atoms with E-state index in [4.69, 9.17) is 0 Å². The van der Waals surface area contributed by atoms with Crippen LogP contribution in [0.1, 0.15) is 0 Å². The zero-order valence-corrected chi connectivity index (χ0v) is 4.99. The second-order valence-electron chi connectivity index (χ2n) is 1.28. The minimum atomic E-state index is -0.926. The van der Waals surface area contributed by atoms with E-state index in [-0.39, 0.29) is 0 Å². The van der Waals surface area contributed by atoms with E-state index < -0.39 is 18.5 Å². The van der Waals surface area contributed by atoms with Crippen molar-refractivity contribution < 1.29 is 19.5 Å². The van der Waals surface area contributed by atoms with Crippen LogP contribution >= 0.6 is 0 Å². The van der Waals surface area contributed by atoms with Gasteiger partial charge in [-0.25, -0.2) is 9.68 Å². The quantitative estimate of drug-likeness (QED) is 0.243. The summed E-state index contributed by atoms with van der Waals surface area (Å²) in [6.45, 7) is -0.444. The zero-order valence-electron chi connectivity index (χ0n) is 4.99. The first-order valence-corrected chi connectivity index (χ1v) is 2.25. The predicted octanol–water partition coefficient (Wildman–Crippen LogP) is -2.00. The molecule has 5 N–H and O–H groups in total. The third-order valence-electron chi connectivity index (χ3n) is 0.402. The molecule has 0 aromatic rings. The number of hydrogen-bond donors (Lipinski definition) is 3. The summed E-state index contributed by atoms with van der Waals surface area (Å²) in [7, 11) is 0. The van der Waals surface area contributed by atoms with Gasteiger partial charge in [0.15, 0.2) is 6.61 Å². The van der Waals surface area contributed by atoms with Crippen molar-refractivity contribution in [3.63, 3.8) is 0 Å². The van der Waals surface area contributed by atoms with Gasteiger partial charge in [0.2, 0.25) is 5.91 Å². The van der Waals surface area contributed by atoms with Crippen LogP contribution in [0.5, 0.6) is 0 Å². The summed E-state index contributed by atoms with van der Waals surface area (Å²) in [5.74, 6) is -0.716. The Bertz CT molecular complexity index is 120. The largest absolute Gasteiger partial charge is 0.368 e. The molecule has 7 heteroatoms. The van der Waals surface area contributed by atoms with Gasteiger partial charge >= 0.3 is 6.03 Å². The van der Waals surface area contributed by atoms with Gasteiger partial charge in [-0.1, -0.05) is 0 Å². The highest BCUT2D eigenvalue weighted by Crippen LogP contribution is 1.70. The molecule has 0 unspecified atom stereocenters. The summed E-state index contributed by atoms with van der Waals surface area (Å²) in [5, 5.41) is 0. The Labute approximate surface area is 56.1 Å². The van der Waals surface area contributed by atoms with Gasteiger partial charge in [0.25, 0.3) is 0 Å². The van der Waals surface area contributed by atoms with Gasteiger partial charge in [-0.2, -0.15) is 5.48 Å². The zero-order chi connectivity index (χ0) is 7.98. The molecule has 0 atom stereocenters. The molecule has 7 nitrogen and oxygen atoms in total. The third kappa shape index (κ3) is 6.66. The number of hydrogen-bond acceptors (Lipinski definition) is 4. The molecule has 0 heterocycles. The number of carbonyl (C=O) groups is 2. The molecule has 0 aromatic heterocycles. The van der Waals surface area contributed by atoms with Gasteiger partial charge in [-0.3, -0.25) is 4.79 Å². The number of urea groups is 1. The van der Waals surface area contributed by atoms with Crippen molar-refractivity contribution in [2.24, 2.45) is 11.5 Å². The van der Waals surface area contributed by atoms with E-state index >= 15 is 0 Å². The normalized spacial score (nSPS) is 8.80. The van der Waals surface area contributed by atoms with Gasteiger partial charge in [0.05, 0.1) is 0 Å². The third-order valence-corrected chi connectivity index (χ3v) is 0.402. The first-order valence-electron chi connectivity index (χ1n) is 2.25. The Hall–Kier alpha value is -1.34. The minimum Gasteiger partial charge on any atom is -0.368 e. The van der Waals surface area contributed by atoms with Crippen LogP contribution in [0.4, 0.5) is 4.79 Å². The summed E-state index contributed by atoms with van der Waals surface area (Å²) in [5.41, 5.74) is 10.8. The second kappa shape index (κ2) is 4.53. The fourth-order valence-electron chi connectivity index (χ4n) is 0.158. The molecular formula is C3H7N3O4. The van der Waals surface area contributed by atoms with E-state index in [1.807, 2.05) is 0 Å². The molecule has 0 aliphatic rings. The highest BCUT2D eigenvalue weighted by Gasteiger charge is 1.95. The van der Waals surface area contributed by atoms with Crippen LogP contribution in [-0.4, -0.2) is 18.5 Å². The minimum absolute atomic E-state index is 0.444. The summed E-state index contributed by atoms with van der Waals surface area (Å²) in [6.07, 6.45) is 0. The van der Waals surface area contributed by atoms with Crippen molar-refractivity contribution in [1.82, 2.24) is 5.48 Å². The van der Waals surface area contributed by atoms with E-state index in [0.29, 0.717) is 0 Å². The molecule has 0 aromatic carbocycles. The molecule has 58 valence electrons. The maximum atomic E-state index is 9.92. The van der Waals surface area contributed by atoms with E-state index in [1.165, 1.54) is 0 Å². The summed E-state index contributed by atoms with van der Waals surface area (Å²) >= 11 is 0. The van der Waals surface area contributed by atoms with Crippen molar-refractivity contribution in [3.8, 4) is 0 Å². The summed E-state index contributed by atoms with van der Waals surface area (Å²) in [6, 6.07) is -0.926. The number of nitrogens with two attached hydrogens (primary N) is 2. The topological polar surface area (TPSA) is 117 Å². The molecule has 0 aliphatic heterocycles. The van der Waals surface area contributed by atoms with E-state index in [1.54, 1.807) is 5.48 Å². The number of rotatable bonds is 4. The molecule has 0 spiro atoms. The average Bonchev–Trinajstić information content (AvgIpc) is 1.79. The second-order valence-corrected chi connectivity index (χ2v) is 1.28. The first-order chi connectivity index (χ1) is 4.63. The fraction of sp³-hybridized carbons (Fsp3) is 0.333. The molecule has 10 heavy (non-hydrogen) atoms. The van der Waals surface area contributed by atoms with E-state index in [9.17, 15) is 9.59 Å². The van der Waals surface area contributed by atoms with Crippen LogP contribution in [0.3, 0.4) is 0 Å². The smallest absolute Gasteiger partial charge is 0.338 e. The Kier molecular flexibility index (Phi) is 3.92. The van der Waals surface area contributed by atoms with Crippen molar-refractivity contribution in [2.75, 3.05) is 6.61 Å². The molecule has 0 bridgehead atoms. The van der Waals surface area contributed by atoms with Crippen molar-refractivity contribution >= 4 is 11.9 Å². The molecule has 0 rings (SSSR count). The Morgan fingerprint density at radius 1 is 1.40 bits per heavy atom. The van der Waals surface area contributed by atoms with Gasteiger partial charge in [-0.15, -0.1) is 4.99 Å². The molecule has 0 fully saturated rings. The number of carbonyl (C=O) groups excluding carboxylic acids is 2. The lowest BCUT2D eigenvalue weighted by molar-refractivity contribution is -0.317. The molecule has 0 radical (unpaired) electrons. The van der Waals surface area contributed by atoms with Gasteiger partial charge in [0.1, 0.15) is 0 Å². The van der Waals surface area contributed by atoms with Crippen LogP contribution in [-0.2, 0) is 14.7 Å². The van der Waals surface area contributed by atoms with Crippen molar-refractivity contribution in [2.45, 2.75) is 0 Å². The Balaban J connectivity index is 3.06. The highest BCUT2D eigenvalue weighted by atomic mass is 17.3. The summed E-state index contributed by atoms with van der Waals surface area (Å²) < 4.78 is 0. The lowest BCUT2D eigenvalue weighted by atomic mass is 10.7. The van der Waals surface area contributed by atoms with Crippen LogP contribution in [0.25, 0.3) is 0 Å². The van der Waals surface area contributed by atoms with Crippen molar-refractivity contribution in [1.29, 1.82) is 0 Å². The fourth-order valence-corrected chi connectivity index (χ4v) is 0.158. The SMILES string of the molecule is NC(=O)COONC(N)=O. The van der Waals surface area contributed by atoms with Gasteiger partial charge < -0.3 is 11.5 Å². The lowest BCUT2D eigenvalue weighted by Gasteiger charge is -1.98. The van der Waals surface area contributed by atoms with Crippen LogP contribution < -0.4 is 16.9 Å². The van der Waals surface area contributed by atoms with Crippen LogP contribution in [0.2, 0.25) is 0 Å². The molecule has 0 aliphatic carbocycles. The number of primary amides is 2. The monoisotopic (exact) mass is 149 g/mol. The maximum Gasteiger partial charge on any atom is 0.338 e. The molecule has 0 saturated carbocycles. The molecular weight excluding hydrogens is 142 g/mol. The molecule has 3 amide bonds. The van der Waals surface area contributed by atoms with Crippen LogP contribution in [0, 0.1) is 0 Å².